The van der Waals surface area contributed by atoms with E-state index in [4.69, 9.17) is 63.0 Å². The van der Waals surface area contributed by atoms with Crippen molar-refractivity contribution in [1.29, 1.82) is 0 Å². The van der Waals surface area contributed by atoms with Gasteiger partial charge in [0.1, 0.15) is 35.4 Å². The molecule has 0 fully saturated rings. The number of carbonyl (C=O) groups is 7. The molecule has 0 radical (unpaired) electrons. The SMILES string of the molecule is CC(=O)OI1OC(=O)c2ccccc21.CC(=O)OOC(C)=O.COc1ccc(C2=CC(=O)COc3c2cc(OC)c(OC)c3OC)cc1NC(=O)OC(C)(C)C.COc1ccc(C2=CC(O)COc3c2cc(OC)c(OC)c3OC)cc1NC(=O)OC(C)(C)C. The number of halogens is 1. The number of aliphatic hydroxyl groups is 1. The molecule has 3 N–H and O–H groups in total. The second-order valence-electron chi connectivity index (χ2n) is 20.7. The number of ether oxygens (including phenoxy) is 12. The van der Waals surface area contributed by atoms with Crippen LogP contribution in [-0.4, -0.2) is 134 Å². The molecule has 0 aromatic heterocycles. The zero-order valence-electron chi connectivity index (χ0n) is 52.8. The fourth-order valence-corrected chi connectivity index (χ4v) is 11.4. The molecule has 3 aliphatic heterocycles. The van der Waals surface area contributed by atoms with Gasteiger partial charge in [0, 0.05) is 25.0 Å². The number of amides is 2. The van der Waals surface area contributed by atoms with E-state index >= 15 is 0 Å². The van der Waals surface area contributed by atoms with Gasteiger partial charge in [-0.15, -0.1) is 0 Å². The predicted molar refractivity (Wildman–Crippen MR) is 334 cm³/mol. The van der Waals surface area contributed by atoms with Crippen LogP contribution in [0.2, 0.25) is 0 Å². The molecule has 1 atom stereocenters. The average molecular weight is 1370 g/mol. The van der Waals surface area contributed by atoms with E-state index in [-0.39, 0.29) is 25.0 Å². The fourth-order valence-electron chi connectivity index (χ4n) is 8.31. The van der Waals surface area contributed by atoms with Gasteiger partial charge >= 0.3 is 113 Å². The predicted octanol–water partition coefficient (Wildman–Crippen LogP) is 10.7. The molecule has 1 unspecified atom stereocenters. The smallest absolute Gasteiger partial charge is 0.412 e. The van der Waals surface area contributed by atoms with Crippen molar-refractivity contribution in [3.05, 3.63) is 116 Å². The van der Waals surface area contributed by atoms with Crippen LogP contribution in [0.3, 0.4) is 0 Å². The Morgan fingerprint density at radius 3 is 1.41 bits per heavy atom. The van der Waals surface area contributed by atoms with Crippen molar-refractivity contribution in [2.45, 2.75) is 79.6 Å². The fraction of sp³-hybridized carbons (Fsp3) is 0.349. The van der Waals surface area contributed by atoms with Crippen LogP contribution in [-0.2, 0) is 44.6 Å². The van der Waals surface area contributed by atoms with Crippen molar-refractivity contribution in [2.24, 2.45) is 0 Å². The molecule has 2 amide bonds. The summed E-state index contributed by atoms with van der Waals surface area (Å²) in [6.45, 7) is 14.1. The Balaban J connectivity index is 0.000000246. The summed E-state index contributed by atoms with van der Waals surface area (Å²) < 4.78 is 77.1. The summed E-state index contributed by atoms with van der Waals surface area (Å²) in [5, 5.41) is 16.0. The summed E-state index contributed by atoms with van der Waals surface area (Å²) in [5.74, 6) is 1.52. The van der Waals surface area contributed by atoms with Crippen LogP contribution < -0.4 is 58.0 Å². The molecule has 486 valence electrons. The topological polar surface area (TPSA) is 311 Å². The normalized spacial score (nSPS) is 13.8. The van der Waals surface area contributed by atoms with Gasteiger partial charge in [0.05, 0.1) is 68.3 Å². The largest absolute Gasteiger partial charge is 0.495 e. The van der Waals surface area contributed by atoms with Crippen molar-refractivity contribution in [1.82, 2.24) is 0 Å². The number of anilines is 2. The van der Waals surface area contributed by atoms with Gasteiger partial charge in [0.2, 0.25) is 23.0 Å². The van der Waals surface area contributed by atoms with E-state index in [0.717, 1.165) is 17.4 Å². The zero-order chi connectivity index (χ0) is 66.8. The number of hydrogen-bond donors (Lipinski definition) is 3. The van der Waals surface area contributed by atoms with Crippen LogP contribution >= 0.6 is 20.6 Å². The van der Waals surface area contributed by atoms with E-state index in [9.17, 15) is 38.7 Å². The molecule has 27 heteroatoms. The number of fused-ring (bicyclic) bond motifs is 3. The van der Waals surface area contributed by atoms with Gasteiger partial charge in [-0.25, -0.2) is 29.0 Å². The maximum Gasteiger partial charge on any atom is 0.412 e. The summed E-state index contributed by atoms with van der Waals surface area (Å²) in [6, 6.07) is 20.9. The van der Waals surface area contributed by atoms with Crippen molar-refractivity contribution in [3.63, 3.8) is 0 Å². The standard InChI is InChI=1S/C25H31NO8.C25H29NO8.C9H7IO4.C4H6O4/c2*1-25(2,3)34-24(28)26-18-10-14(8-9-19(18)29-4)16-11-15(27)13-33-21-17(16)12-20(30-5)22(31-6)23(21)32-7;1-6(11)13-10-8-5-3-2-4-7(8)9(12)14-10;1-3(5)7-8-4(2)6/h8-12,15,27H,13H2,1-7H3,(H,26,28);8-12H,13H2,1-7H3,(H,26,28);2-5H,1H3;1-2H3. The number of carbonyl (C=O) groups excluding carboxylic acids is 7. The van der Waals surface area contributed by atoms with Crippen molar-refractivity contribution in [2.75, 3.05) is 80.7 Å². The molecule has 5 aromatic carbocycles. The number of aliphatic hydroxyl groups excluding tert-OH is 1. The van der Waals surface area contributed by atoms with E-state index in [2.05, 4.69) is 20.4 Å². The van der Waals surface area contributed by atoms with Gasteiger partial charge in [-0.1, -0.05) is 12.1 Å². The Hall–Kier alpha value is -9.64. The van der Waals surface area contributed by atoms with Gasteiger partial charge in [0.15, 0.2) is 35.4 Å². The molecule has 0 saturated carbocycles. The van der Waals surface area contributed by atoms with Crippen LogP contribution in [0, 0.1) is 3.57 Å². The number of rotatable bonds is 13. The summed E-state index contributed by atoms with van der Waals surface area (Å²) in [4.78, 5) is 86.7. The van der Waals surface area contributed by atoms with E-state index in [0.29, 0.717) is 108 Å². The summed E-state index contributed by atoms with van der Waals surface area (Å²) in [6.07, 6.45) is 1.01. The Labute approximate surface area is 528 Å². The van der Waals surface area contributed by atoms with Gasteiger partial charge in [-0.3, -0.25) is 15.4 Å². The minimum absolute atomic E-state index is 0.0154. The first-order valence-electron chi connectivity index (χ1n) is 27.0. The molecule has 90 heavy (non-hydrogen) atoms. The summed E-state index contributed by atoms with van der Waals surface area (Å²) >= 11 is -2.47. The number of methoxy groups -OCH3 is 8. The van der Waals surface area contributed by atoms with Crippen LogP contribution in [0.4, 0.5) is 21.0 Å². The van der Waals surface area contributed by atoms with E-state index in [1.165, 1.54) is 69.9 Å². The van der Waals surface area contributed by atoms with Gasteiger partial charge in [-0.05, 0) is 112 Å². The Morgan fingerprint density at radius 1 is 0.533 bits per heavy atom. The molecule has 0 saturated heterocycles. The van der Waals surface area contributed by atoms with Gasteiger partial charge in [0.25, 0.3) is 0 Å². The molecule has 8 rings (SSSR count). The Bertz CT molecular complexity index is 3510. The zero-order valence-corrected chi connectivity index (χ0v) is 54.9. The quantitative estimate of drug-likeness (QED) is 0.0560. The maximum atomic E-state index is 12.6. The number of hydrogen-bond acceptors (Lipinski definition) is 24. The van der Waals surface area contributed by atoms with E-state index in [1.54, 1.807) is 114 Å². The van der Waals surface area contributed by atoms with Gasteiger partial charge in [-0.2, -0.15) is 0 Å². The van der Waals surface area contributed by atoms with Crippen molar-refractivity contribution in [3.8, 4) is 57.5 Å². The second kappa shape index (κ2) is 32.0. The minimum Gasteiger partial charge on any atom is -0.495 e. The molecular weight excluding hydrogens is 1300 g/mol. The first-order chi connectivity index (χ1) is 42.5. The molecule has 0 bridgehead atoms. The minimum atomic E-state index is -2.47. The molecule has 3 aliphatic rings. The first kappa shape index (κ1) is 71.1. The Kier molecular flexibility index (Phi) is 25.3. The van der Waals surface area contributed by atoms with Crippen LogP contribution in [0.1, 0.15) is 94.9 Å². The molecule has 0 spiro atoms. The third-order valence-electron chi connectivity index (χ3n) is 11.7. The van der Waals surface area contributed by atoms with E-state index in [1.807, 2.05) is 6.07 Å². The monoisotopic (exact) mass is 1370 g/mol. The third kappa shape index (κ3) is 19.2. The number of ketones is 1. The van der Waals surface area contributed by atoms with E-state index < -0.39 is 68.0 Å². The summed E-state index contributed by atoms with van der Waals surface area (Å²) in [5.41, 5.74) is 3.67. The molecular formula is C63H73IN2O24. The summed E-state index contributed by atoms with van der Waals surface area (Å²) in [7, 11) is 12.0. The van der Waals surface area contributed by atoms with Crippen molar-refractivity contribution >= 4 is 85.0 Å². The Morgan fingerprint density at radius 2 is 0.978 bits per heavy atom. The van der Waals surface area contributed by atoms with Crippen molar-refractivity contribution < 1.29 is 111 Å². The molecule has 3 heterocycles. The second-order valence-corrected chi connectivity index (χ2v) is 24.0. The average Bonchev–Trinajstić information content (AvgIpc) is 1.43. The molecule has 26 nitrogen and oxygen atoms in total. The van der Waals surface area contributed by atoms with Crippen LogP contribution in [0.25, 0.3) is 11.1 Å². The third-order valence-corrected chi connectivity index (χ3v) is 15.4. The molecule has 5 aromatic rings. The van der Waals surface area contributed by atoms with Crippen LogP contribution in [0.15, 0.2) is 84.9 Å². The molecule has 0 aliphatic carbocycles. The van der Waals surface area contributed by atoms with Gasteiger partial charge < -0.3 is 61.9 Å². The number of benzene rings is 5. The maximum absolute atomic E-state index is 12.6. The first-order valence-corrected chi connectivity index (χ1v) is 29.9. The number of nitrogens with one attached hydrogen (secondary N) is 2. The van der Waals surface area contributed by atoms with Crippen LogP contribution in [0.5, 0.6) is 57.5 Å².